The summed E-state index contributed by atoms with van der Waals surface area (Å²) < 4.78 is 24.3. The molecule has 2 aliphatic heterocycles. The molecule has 37 heavy (non-hydrogen) atoms. The van der Waals surface area contributed by atoms with Crippen LogP contribution >= 0.6 is 0 Å². The Labute approximate surface area is 216 Å². The van der Waals surface area contributed by atoms with E-state index in [4.69, 9.17) is 9.47 Å². The van der Waals surface area contributed by atoms with Crippen LogP contribution < -0.4 is 19.7 Å². The van der Waals surface area contributed by atoms with Gasteiger partial charge in [0.15, 0.2) is 11.5 Å². The maximum atomic E-state index is 13.7. The van der Waals surface area contributed by atoms with Gasteiger partial charge < -0.3 is 19.7 Å². The standard InChI is InChI=1S/C29H22N2O5S/c32-28(30-16-20-10-12-24-25(14-20)36-18-35-24)21-11-13-27-23(15-21)31(17-19-6-2-1-3-7-19)29(33)22-8-4-5-9-26(22)37(27)34/h1-15H,16-18H2,(H,30,32)/t37-/m1/s1. The monoisotopic (exact) mass is 510 g/mol. The molecule has 0 spiro atoms. The van der Waals surface area contributed by atoms with E-state index < -0.39 is 10.8 Å². The zero-order valence-corrected chi connectivity index (χ0v) is 20.5. The van der Waals surface area contributed by atoms with Crippen LogP contribution in [-0.4, -0.2) is 22.8 Å². The van der Waals surface area contributed by atoms with Gasteiger partial charge in [0, 0.05) is 12.1 Å². The summed E-state index contributed by atoms with van der Waals surface area (Å²) in [7, 11) is -1.58. The highest BCUT2D eigenvalue weighted by Gasteiger charge is 2.31. The molecule has 0 bridgehead atoms. The van der Waals surface area contributed by atoms with E-state index in [0.717, 1.165) is 11.1 Å². The molecule has 1 atom stereocenters. The van der Waals surface area contributed by atoms with Crippen LogP contribution in [0, 0.1) is 0 Å². The summed E-state index contributed by atoms with van der Waals surface area (Å²) in [4.78, 5) is 29.4. The highest BCUT2D eigenvalue weighted by Crippen LogP contribution is 2.36. The van der Waals surface area contributed by atoms with Crippen molar-refractivity contribution in [2.45, 2.75) is 22.9 Å². The lowest BCUT2D eigenvalue weighted by Crippen LogP contribution is -2.31. The molecule has 0 aromatic heterocycles. The minimum atomic E-state index is -1.58. The number of fused-ring (bicyclic) bond motifs is 3. The molecular formula is C29H22N2O5S. The van der Waals surface area contributed by atoms with Gasteiger partial charge in [0.2, 0.25) is 6.79 Å². The van der Waals surface area contributed by atoms with Crippen LogP contribution in [0.1, 0.15) is 31.8 Å². The predicted molar refractivity (Wildman–Crippen MR) is 138 cm³/mol. The smallest absolute Gasteiger partial charge is 0.259 e. The Hall–Kier alpha value is -4.43. The molecule has 7 nitrogen and oxygen atoms in total. The van der Waals surface area contributed by atoms with Crippen molar-refractivity contribution in [1.29, 1.82) is 0 Å². The van der Waals surface area contributed by atoms with Crippen molar-refractivity contribution < 1.29 is 23.3 Å². The summed E-state index contributed by atoms with van der Waals surface area (Å²) in [5.41, 5.74) is 3.00. The molecule has 0 fully saturated rings. The molecule has 8 heteroatoms. The normalized spacial score (nSPS) is 15.5. The van der Waals surface area contributed by atoms with Gasteiger partial charge in [-0.3, -0.25) is 9.59 Å². The molecule has 184 valence electrons. The first kappa shape index (κ1) is 23.0. The zero-order chi connectivity index (χ0) is 25.4. The molecule has 0 saturated heterocycles. The van der Waals surface area contributed by atoms with Gasteiger partial charge in [0.05, 0.1) is 38.4 Å². The Balaban J connectivity index is 1.33. The van der Waals surface area contributed by atoms with Crippen LogP contribution in [0.2, 0.25) is 0 Å². The Bertz CT molecular complexity index is 1550. The van der Waals surface area contributed by atoms with E-state index >= 15 is 0 Å². The average Bonchev–Trinajstić information content (AvgIpc) is 3.39. The molecule has 0 saturated carbocycles. The number of carbonyl (C=O) groups is 2. The second-order valence-corrected chi connectivity index (χ2v) is 10.1. The maximum absolute atomic E-state index is 13.7. The SMILES string of the molecule is O=C(NCc1ccc2c(c1)OCO2)c1ccc2c(c1)N(Cc1ccccc1)C(=O)c1ccccc1[S@]2=O. The molecule has 4 aromatic rings. The average molecular weight is 511 g/mol. The fraction of sp³-hybridized carbons (Fsp3) is 0.103. The summed E-state index contributed by atoms with van der Waals surface area (Å²) in [6, 6.07) is 27.0. The third-order valence-corrected chi connectivity index (χ3v) is 7.85. The van der Waals surface area contributed by atoms with Gasteiger partial charge >= 0.3 is 0 Å². The highest BCUT2D eigenvalue weighted by atomic mass is 32.2. The Morgan fingerprint density at radius 3 is 2.49 bits per heavy atom. The molecular weight excluding hydrogens is 488 g/mol. The number of hydrogen-bond acceptors (Lipinski definition) is 5. The van der Waals surface area contributed by atoms with E-state index in [1.54, 1.807) is 47.4 Å². The van der Waals surface area contributed by atoms with Crippen LogP contribution in [0.25, 0.3) is 0 Å². The largest absolute Gasteiger partial charge is 0.454 e. The molecule has 0 unspecified atom stereocenters. The van der Waals surface area contributed by atoms with Crippen LogP contribution in [0.3, 0.4) is 0 Å². The van der Waals surface area contributed by atoms with Crippen LogP contribution in [0.4, 0.5) is 5.69 Å². The second kappa shape index (κ2) is 9.55. The molecule has 4 aromatic carbocycles. The van der Waals surface area contributed by atoms with Crippen molar-refractivity contribution in [2.75, 3.05) is 11.7 Å². The number of nitrogens with zero attached hydrogens (tertiary/aromatic N) is 1. The van der Waals surface area contributed by atoms with Crippen molar-refractivity contribution >= 4 is 28.3 Å². The van der Waals surface area contributed by atoms with Gasteiger partial charge in [-0.1, -0.05) is 48.5 Å². The number of rotatable bonds is 5. The highest BCUT2D eigenvalue weighted by molar-refractivity contribution is 7.85. The van der Waals surface area contributed by atoms with Crippen LogP contribution in [0.15, 0.2) is 101 Å². The van der Waals surface area contributed by atoms with E-state index in [9.17, 15) is 13.8 Å². The van der Waals surface area contributed by atoms with Gasteiger partial charge in [-0.25, -0.2) is 4.21 Å². The first-order chi connectivity index (χ1) is 18.1. The number of carbonyl (C=O) groups excluding carboxylic acids is 2. The third-order valence-electron chi connectivity index (χ3n) is 6.35. The van der Waals surface area contributed by atoms with E-state index in [0.29, 0.717) is 38.1 Å². The van der Waals surface area contributed by atoms with Crippen LogP contribution in [0.5, 0.6) is 11.5 Å². The fourth-order valence-electron chi connectivity index (χ4n) is 4.46. The lowest BCUT2D eigenvalue weighted by Gasteiger charge is -2.23. The summed E-state index contributed by atoms with van der Waals surface area (Å²) in [5, 5.41) is 2.92. The number of hydrogen-bond donors (Lipinski definition) is 1. The number of benzene rings is 4. The number of ether oxygens (including phenoxy) is 2. The van der Waals surface area contributed by atoms with Gasteiger partial charge in [-0.15, -0.1) is 0 Å². The molecule has 6 rings (SSSR count). The minimum absolute atomic E-state index is 0.184. The first-order valence-electron chi connectivity index (χ1n) is 11.8. The van der Waals surface area contributed by atoms with E-state index in [1.807, 2.05) is 48.5 Å². The molecule has 0 radical (unpaired) electrons. The quantitative estimate of drug-likeness (QED) is 0.422. The van der Waals surface area contributed by atoms with Crippen molar-refractivity contribution in [3.05, 3.63) is 113 Å². The topological polar surface area (TPSA) is 84.9 Å². The number of anilines is 1. The summed E-state index contributed by atoms with van der Waals surface area (Å²) in [6.45, 7) is 0.751. The summed E-state index contributed by atoms with van der Waals surface area (Å²) >= 11 is 0. The van der Waals surface area contributed by atoms with Crippen molar-refractivity contribution in [3.63, 3.8) is 0 Å². The van der Waals surface area contributed by atoms with E-state index in [2.05, 4.69) is 5.32 Å². The summed E-state index contributed by atoms with van der Waals surface area (Å²) in [5.74, 6) is 0.761. The predicted octanol–water partition coefficient (Wildman–Crippen LogP) is 4.67. The zero-order valence-electron chi connectivity index (χ0n) is 19.7. The molecule has 0 aliphatic carbocycles. The molecule has 1 N–H and O–H groups in total. The van der Waals surface area contributed by atoms with Gasteiger partial charge in [0.1, 0.15) is 0 Å². The van der Waals surface area contributed by atoms with Crippen molar-refractivity contribution in [2.24, 2.45) is 0 Å². The van der Waals surface area contributed by atoms with E-state index in [1.165, 1.54) is 0 Å². The fourth-order valence-corrected chi connectivity index (χ4v) is 5.81. The molecule has 2 heterocycles. The van der Waals surface area contributed by atoms with Crippen molar-refractivity contribution in [1.82, 2.24) is 5.32 Å². The van der Waals surface area contributed by atoms with Gasteiger partial charge in [0.25, 0.3) is 11.8 Å². The van der Waals surface area contributed by atoms with Crippen molar-refractivity contribution in [3.8, 4) is 11.5 Å². The van der Waals surface area contributed by atoms with Gasteiger partial charge in [-0.2, -0.15) is 0 Å². The maximum Gasteiger partial charge on any atom is 0.259 e. The number of amides is 2. The van der Waals surface area contributed by atoms with Crippen LogP contribution in [-0.2, 0) is 23.9 Å². The minimum Gasteiger partial charge on any atom is -0.454 e. The first-order valence-corrected chi connectivity index (χ1v) is 12.9. The second-order valence-electron chi connectivity index (χ2n) is 8.69. The molecule has 2 amide bonds. The van der Waals surface area contributed by atoms with E-state index in [-0.39, 0.29) is 31.7 Å². The third kappa shape index (κ3) is 4.36. The van der Waals surface area contributed by atoms with Gasteiger partial charge in [-0.05, 0) is 53.6 Å². The Morgan fingerprint density at radius 1 is 0.838 bits per heavy atom. The summed E-state index contributed by atoms with van der Waals surface area (Å²) in [6.07, 6.45) is 0. The lowest BCUT2D eigenvalue weighted by atomic mass is 10.1. The Kier molecular flexibility index (Phi) is 5.94. The molecule has 2 aliphatic rings. The Morgan fingerprint density at radius 2 is 1.62 bits per heavy atom. The number of nitrogens with one attached hydrogen (secondary N) is 1. The lowest BCUT2D eigenvalue weighted by molar-refractivity contribution is 0.0947.